The summed E-state index contributed by atoms with van der Waals surface area (Å²) >= 11 is 1.70. The lowest BCUT2D eigenvalue weighted by atomic mass is 10.0. The van der Waals surface area contributed by atoms with Gasteiger partial charge in [-0.05, 0) is 54.6 Å². The molecule has 0 spiro atoms. The monoisotopic (exact) mass is 490 g/mol. The highest BCUT2D eigenvalue weighted by Crippen LogP contribution is 2.34. The molecule has 1 aromatic heterocycles. The van der Waals surface area contributed by atoms with Crippen LogP contribution in [-0.4, -0.2) is 55.0 Å². The lowest BCUT2D eigenvalue weighted by Crippen LogP contribution is -2.47. The predicted octanol–water partition coefficient (Wildman–Crippen LogP) is 4.90. The number of fused-ring (bicyclic) bond motifs is 1. The summed E-state index contributed by atoms with van der Waals surface area (Å²) < 4.78 is 11.4. The second-order valence-electron chi connectivity index (χ2n) is 8.48. The first-order valence-corrected chi connectivity index (χ1v) is 12.5. The number of thiophene rings is 1. The fraction of sp³-hybridized carbons (Fsp3) is 0.286. The molecule has 35 heavy (non-hydrogen) atoms. The third kappa shape index (κ3) is 5.74. The number of methoxy groups -OCH3 is 1. The number of ether oxygens (including phenoxy) is 2. The molecule has 1 unspecified atom stereocenters. The highest BCUT2D eigenvalue weighted by molar-refractivity contribution is 7.10. The van der Waals surface area contributed by atoms with E-state index in [2.05, 4.69) is 18.0 Å². The van der Waals surface area contributed by atoms with E-state index >= 15 is 0 Å². The van der Waals surface area contributed by atoms with E-state index < -0.39 is 0 Å². The van der Waals surface area contributed by atoms with Crippen molar-refractivity contribution in [3.8, 4) is 11.5 Å². The minimum Gasteiger partial charge on any atom is -0.497 e. The fourth-order valence-electron chi connectivity index (χ4n) is 4.25. The van der Waals surface area contributed by atoms with Crippen molar-refractivity contribution in [2.45, 2.75) is 19.4 Å². The molecule has 2 aromatic carbocycles. The van der Waals surface area contributed by atoms with Gasteiger partial charge in [-0.1, -0.05) is 29.8 Å². The molecule has 2 amide bonds. The van der Waals surface area contributed by atoms with Gasteiger partial charge in [-0.3, -0.25) is 9.59 Å². The normalized spacial score (nSPS) is 14.7. The third-order valence-corrected chi connectivity index (χ3v) is 7.12. The van der Waals surface area contributed by atoms with Gasteiger partial charge >= 0.3 is 0 Å². The topological polar surface area (TPSA) is 59.1 Å². The van der Waals surface area contributed by atoms with E-state index in [0.717, 1.165) is 17.5 Å². The largest absolute Gasteiger partial charge is 0.497 e. The third-order valence-electron chi connectivity index (χ3n) is 6.13. The number of hydrogen-bond acceptors (Lipinski definition) is 5. The number of aryl methyl sites for hydroxylation is 1. The standard InChI is InChI=1S/C28H30N2O4S/c1-4-14-29(28(32)21-10-8-20(2)9-11-21)18-27(31)30-15-12-26-24(13-16-35-26)25(30)19-34-23-7-5-6-22(17-23)33-3/h4-11,13,16-17,25H,1,12,14-15,18-19H2,2-3H3. The number of benzene rings is 2. The first kappa shape index (κ1) is 24.5. The molecular formula is C28H30N2O4S. The van der Waals surface area contributed by atoms with Crippen LogP contribution in [0.3, 0.4) is 0 Å². The molecule has 0 saturated heterocycles. The van der Waals surface area contributed by atoms with Crippen LogP contribution in [0, 0.1) is 6.92 Å². The van der Waals surface area contributed by atoms with E-state index in [9.17, 15) is 9.59 Å². The maximum absolute atomic E-state index is 13.6. The van der Waals surface area contributed by atoms with Gasteiger partial charge in [-0.2, -0.15) is 0 Å². The Kier molecular flexibility index (Phi) is 7.87. The first-order chi connectivity index (χ1) is 17.0. The lowest BCUT2D eigenvalue weighted by Gasteiger charge is -2.37. The smallest absolute Gasteiger partial charge is 0.254 e. The summed E-state index contributed by atoms with van der Waals surface area (Å²) in [5.74, 6) is 1.10. The molecule has 3 aromatic rings. The van der Waals surface area contributed by atoms with Crippen LogP contribution in [0.25, 0.3) is 0 Å². The summed E-state index contributed by atoms with van der Waals surface area (Å²) in [7, 11) is 1.62. The van der Waals surface area contributed by atoms with E-state index in [-0.39, 0.29) is 24.4 Å². The van der Waals surface area contributed by atoms with Gasteiger partial charge < -0.3 is 19.3 Å². The predicted molar refractivity (Wildman–Crippen MR) is 138 cm³/mol. The molecule has 4 rings (SSSR count). The number of carbonyl (C=O) groups excluding carboxylic acids is 2. The van der Waals surface area contributed by atoms with Crippen LogP contribution in [-0.2, 0) is 11.2 Å². The zero-order chi connectivity index (χ0) is 24.8. The van der Waals surface area contributed by atoms with Crippen molar-refractivity contribution in [2.24, 2.45) is 0 Å². The summed E-state index contributed by atoms with van der Waals surface area (Å²) in [6.45, 7) is 6.92. The van der Waals surface area contributed by atoms with Crippen molar-refractivity contribution in [3.05, 3.63) is 94.2 Å². The van der Waals surface area contributed by atoms with Crippen molar-refractivity contribution < 1.29 is 19.1 Å². The Bertz CT molecular complexity index is 1190. The van der Waals surface area contributed by atoms with E-state index in [4.69, 9.17) is 9.47 Å². The van der Waals surface area contributed by atoms with Crippen LogP contribution in [0.5, 0.6) is 11.5 Å². The van der Waals surface area contributed by atoms with Gasteiger partial charge in [0, 0.05) is 29.6 Å². The van der Waals surface area contributed by atoms with Crippen molar-refractivity contribution in [3.63, 3.8) is 0 Å². The van der Waals surface area contributed by atoms with E-state index in [1.165, 1.54) is 4.88 Å². The molecule has 182 valence electrons. The second-order valence-corrected chi connectivity index (χ2v) is 9.48. The number of carbonyl (C=O) groups is 2. The number of rotatable bonds is 9. The van der Waals surface area contributed by atoms with Crippen molar-refractivity contribution in [1.82, 2.24) is 9.80 Å². The Hall–Kier alpha value is -3.58. The minimum absolute atomic E-state index is 0.0200. The van der Waals surface area contributed by atoms with E-state index in [1.54, 1.807) is 41.6 Å². The van der Waals surface area contributed by atoms with Crippen LogP contribution in [0.15, 0.2) is 72.6 Å². The van der Waals surface area contributed by atoms with Gasteiger partial charge in [0.2, 0.25) is 5.91 Å². The van der Waals surface area contributed by atoms with Gasteiger partial charge in [0.25, 0.3) is 5.91 Å². The molecule has 0 radical (unpaired) electrons. The summed E-state index contributed by atoms with van der Waals surface area (Å²) in [6.07, 6.45) is 2.44. The van der Waals surface area contributed by atoms with Crippen molar-refractivity contribution >= 4 is 23.2 Å². The maximum Gasteiger partial charge on any atom is 0.254 e. The average Bonchev–Trinajstić information content (AvgIpc) is 3.36. The zero-order valence-electron chi connectivity index (χ0n) is 20.1. The fourth-order valence-corrected chi connectivity index (χ4v) is 5.18. The summed E-state index contributed by atoms with van der Waals surface area (Å²) in [4.78, 5) is 31.4. The van der Waals surface area contributed by atoms with Crippen LogP contribution >= 0.6 is 11.3 Å². The molecule has 0 saturated carbocycles. The Labute approximate surface area is 210 Å². The molecule has 0 aliphatic carbocycles. The first-order valence-electron chi connectivity index (χ1n) is 11.6. The highest BCUT2D eigenvalue weighted by Gasteiger charge is 2.33. The molecule has 1 aliphatic heterocycles. The number of amides is 2. The van der Waals surface area contributed by atoms with Crippen LogP contribution in [0.2, 0.25) is 0 Å². The molecular weight excluding hydrogens is 460 g/mol. The van der Waals surface area contributed by atoms with Gasteiger partial charge in [0.15, 0.2) is 0 Å². The molecule has 6 nitrogen and oxygen atoms in total. The van der Waals surface area contributed by atoms with Gasteiger partial charge in [-0.25, -0.2) is 0 Å². The molecule has 7 heteroatoms. The average molecular weight is 491 g/mol. The van der Waals surface area contributed by atoms with Crippen LogP contribution in [0.4, 0.5) is 0 Å². The number of nitrogens with zero attached hydrogens (tertiary/aromatic N) is 2. The van der Waals surface area contributed by atoms with Crippen molar-refractivity contribution in [2.75, 3.05) is 33.4 Å². The SMILES string of the molecule is C=CCN(CC(=O)N1CCc2sccc2C1COc1cccc(OC)c1)C(=O)c1ccc(C)cc1. The van der Waals surface area contributed by atoms with Crippen LogP contribution < -0.4 is 9.47 Å². The summed E-state index contributed by atoms with van der Waals surface area (Å²) in [6, 6.07) is 16.7. The summed E-state index contributed by atoms with van der Waals surface area (Å²) in [5, 5.41) is 2.06. The Balaban J connectivity index is 1.52. The molecule has 0 fully saturated rings. The second kappa shape index (κ2) is 11.2. The quantitative estimate of drug-likeness (QED) is 0.401. The number of hydrogen-bond donors (Lipinski definition) is 0. The minimum atomic E-state index is -0.233. The van der Waals surface area contributed by atoms with Gasteiger partial charge in [0.1, 0.15) is 24.7 Å². The zero-order valence-corrected chi connectivity index (χ0v) is 20.9. The Morgan fingerprint density at radius 3 is 2.69 bits per heavy atom. The summed E-state index contributed by atoms with van der Waals surface area (Å²) in [5.41, 5.74) is 2.74. The molecule has 1 atom stereocenters. The molecule has 2 heterocycles. The van der Waals surface area contributed by atoms with E-state index in [1.807, 2.05) is 48.2 Å². The molecule has 0 N–H and O–H groups in total. The van der Waals surface area contributed by atoms with Gasteiger partial charge in [-0.15, -0.1) is 17.9 Å². The van der Waals surface area contributed by atoms with E-state index in [0.29, 0.717) is 36.8 Å². The maximum atomic E-state index is 13.6. The van der Waals surface area contributed by atoms with Crippen molar-refractivity contribution in [1.29, 1.82) is 0 Å². The molecule has 0 bridgehead atoms. The molecule has 1 aliphatic rings. The Morgan fingerprint density at radius 1 is 1.17 bits per heavy atom. The lowest BCUT2D eigenvalue weighted by molar-refractivity contribution is -0.135. The highest BCUT2D eigenvalue weighted by atomic mass is 32.1. The van der Waals surface area contributed by atoms with Crippen LogP contribution in [0.1, 0.15) is 32.4 Å². The Morgan fingerprint density at radius 2 is 1.94 bits per heavy atom. The van der Waals surface area contributed by atoms with Gasteiger partial charge in [0.05, 0.1) is 13.2 Å².